The molecule has 0 saturated carbocycles. The average Bonchev–Trinajstić information content (AvgIpc) is 2.56. The van der Waals surface area contributed by atoms with Crippen LogP contribution in [0.25, 0.3) is 0 Å². The van der Waals surface area contributed by atoms with E-state index in [2.05, 4.69) is 17.6 Å². The Morgan fingerprint density at radius 1 is 1.00 bits per heavy atom. The van der Waals surface area contributed by atoms with Crippen molar-refractivity contribution in [3.63, 3.8) is 0 Å². The Hall–Kier alpha value is -2.69. The van der Waals surface area contributed by atoms with E-state index in [1.165, 1.54) is 11.1 Å². The molecule has 0 radical (unpaired) electrons. The maximum atomic E-state index is 12.1. The van der Waals surface area contributed by atoms with Gasteiger partial charge in [0, 0.05) is 11.8 Å². The molecule has 0 spiro atoms. The summed E-state index contributed by atoms with van der Waals surface area (Å²) in [6.07, 6.45) is 0. The van der Waals surface area contributed by atoms with Crippen molar-refractivity contribution in [2.75, 3.05) is 31.4 Å². The fourth-order valence-electron chi connectivity index (χ4n) is 2.13. The largest absolute Gasteiger partial charge is 0.497 e. The Balaban J connectivity index is 1.98. The summed E-state index contributed by atoms with van der Waals surface area (Å²) >= 11 is 0. The van der Waals surface area contributed by atoms with Crippen LogP contribution in [0.3, 0.4) is 0 Å². The number of aryl methyl sites for hydroxylation is 2. The first-order valence-corrected chi connectivity index (χ1v) is 7.36. The van der Waals surface area contributed by atoms with Crippen molar-refractivity contribution >= 4 is 17.3 Å². The predicted octanol–water partition coefficient (Wildman–Crippen LogP) is 3.37. The number of benzene rings is 2. The van der Waals surface area contributed by atoms with Gasteiger partial charge in [-0.1, -0.05) is 6.07 Å². The molecule has 2 N–H and O–H groups in total. The standard InChI is InChI=1S/C18H22N2O3/c1-12-5-6-14(9-13(12)2)19-11-18(21)20-16-8-7-15(22-3)10-17(16)23-4/h5-10,19H,11H2,1-4H3,(H,20,21). The third kappa shape index (κ3) is 4.39. The van der Waals surface area contributed by atoms with Crippen molar-refractivity contribution in [3.8, 4) is 11.5 Å². The Kier molecular flexibility index (Phi) is 5.46. The summed E-state index contributed by atoms with van der Waals surface area (Å²) < 4.78 is 10.4. The molecule has 2 aromatic rings. The smallest absolute Gasteiger partial charge is 0.243 e. The Labute approximate surface area is 136 Å². The number of ether oxygens (including phenoxy) is 2. The lowest BCUT2D eigenvalue weighted by Crippen LogP contribution is -2.22. The van der Waals surface area contributed by atoms with Gasteiger partial charge in [0.15, 0.2) is 0 Å². The van der Waals surface area contributed by atoms with Gasteiger partial charge in [0.25, 0.3) is 0 Å². The molecule has 5 heteroatoms. The number of methoxy groups -OCH3 is 2. The summed E-state index contributed by atoms with van der Waals surface area (Å²) in [6, 6.07) is 11.3. The monoisotopic (exact) mass is 314 g/mol. The van der Waals surface area contributed by atoms with E-state index in [1.54, 1.807) is 32.4 Å². The molecular weight excluding hydrogens is 292 g/mol. The van der Waals surface area contributed by atoms with Crippen molar-refractivity contribution in [1.29, 1.82) is 0 Å². The molecule has 0 atom stereocenters. The van der Waals surface area contributed by atoms with Crippen LogP contribution in [0, 0.1) is 13.8 Å². The minimum absolute atomic E-state index is 0.147. The lowest BCUT2D eigenvalue weighted by atomic mass is 10.1. The van der Waals surface area contributed by atoms with Gasteiger partial charge >= 0.3 is 0 Å². The van der Waals surface area contributed by atoms with Crippen molar-refractivity contribution in [3.05, 3.63) is 47.5 Å². The lowest BCUT2D eigenvalue weighted by Gasteiger charge is -2.12. The van der Waals surface area contributed by atoms with Crippen molar-refractivity contribution in [1.82, 2.24) is 0 Å². The van der Waals surface area contributed by atoms with Crippen LogP contribution in [0.5, 0.6) is 11.5 Å². The molecule has 23 heavy (non-hydrogen) atoms. The lowest BCUT2D eigenvalue weighted by molar-refractivity contribution is -0.114. The fraction of sp³-hybridized carbons (Fsp3) is 0.278. The van der Waals surface area contributed by atoms with Gasteiger partial charge in [0.2, 0.25) is 5.91 Å². The molecule has 0 fully saturated rings. The molecule has 0 aliphatic heterocycles. The zero-order valence-electron chi connectivity index (χ0n) is 13.9. The SMILES string of the molecule is COc1ccc(NC(=O)CNc2ccc(C)c(C)c2)c(OC)c1. The number of amides is 1. The fourth-order valence-corrected chi connectivity index (χ4v) is 2.13. The van der Waals surface area contributed by atoms with Crippen LogP contribution >= 0.6 is 0 Å². The van der Waals surface area contributed by atoms with Crippen LogP contribution < -0.4 is 20.1 Å². The Bertz CT molecular complexity index is 699. The summed E-state index contributed by atoms with van der Waals surface area (Å²) in [4.78, 5) is 12.1. The van der Waals surface area contributed by atoms with Crippen molar-refractivity contribution in [2.24, 2.45) is 0 Å². The van der Waals surface area contributed by atoms with E-state index in [1.807, 2.05) is 25.1 Å². The molecule has 2 aromatic carbocycles. The van der Waals surface area contributed by atoms with Crippen molar-refractivity contribution in [2.45, 2.75) is 13.8 Å². The Morgan fingerprint density at radius 2 is 1.78 bits per heavy atom. The highest BCUT2D eigenvalue weighted by Gasteiger charge is 2.09. The second kappa shape index (κ2) is 7.54. The highest BCUT2D eigenvalue weighted by atomic mass is 16.5. The molecule has 122 valence electrons. The van der Waals surface area contributed by atoms with Crippen LogP contribution in [0.4, 0.5) is 11.4 Å². The third-order valence-corrected chi connectivity index (χ3v) is 3.64. The van der Waals surface area contributed by atoms with Crippen LogP contribution in [0.2, 0.25) is 0 Å². The summed E-state index contributed by atoms with van der Waals surface area (Å²) in [5.41, 5.74) is 3.94. The molecule has 2 rings (SSSR count). The van der Waals surface area contributed by atoms with E-state index in [4.69, 9.17) is 9.47 Å². The van der Waals surface area contributed by atoms with Crippen LogP contribution in [-0.4, -0.2) is 26.7 Å². The van der Waals surface area contributed by atoms with Gasteiger partial charge in [-0.25, -0.2) is 0 Å². The van der Waals surface area contributed by atoms with Gasteiger partial charge in [-0.15, -0.1) is 0 Å². The topological polar surface area (TPSA) is 59.6 Å². The van der Waals surface area contributed by atoms with Crippen LogP contribution in [-0.2, 0) is 4.79 Å². The van der Waals surface area contributed by atoms with Gasteiger partial charge in [0.1, 0.15) is 11.5 Å². The van der Waals surface area contributed by atoms with Gasteiger partial charge in [-0.2, -0.15) is 0 Å². The molecule has 5 nitrogen and oxygen atoms in total. The molecule has 0 aliphatic carbocycles. The van der Waals surface area contributed by atoms with Crippen LogP contribution in [0.15, 0.2) is 36.4 Å². The highest BCUT2D eigenvalue weighted by molar-refractivity contribution is 5.95. The number of carbonyl (C=O) groups is 1. The number of rotatable bonds is 6. The average molecular weight is 314 g/mol. The minimum atomic E-state index is -0.147. The van der Waals surface area contributed by atoms with Gasteiger partial charge in [-0.3, -0.25) is 4.79 Å². The quantitative estimate of drug-likeness (QED) is 0.858. The van der Waals surface area contributed by atoms with Crippen LogP contribution in [0.1, 0.15) is 11.1 Å². The molecule has 0 unspecified atom stereocenters. The van der Waals surface area contributed by atoms with E-state index in [-0.39, 0.29) is 12.5 Å². The molecule has 0 aliphatic rings. The highest BCUT2D eigenvalue weighted by Crippen LogP contribution is 2.28. The van der Waals surface area contributed by atoms with Crippen molar-refractivity contribution < 1.29 is 14.3 Å². The van der Waals surface area contributed by atoms with E-state index in [9.17, 15) is 4.79 Å². The molecule has 1 amide bonds. The maximum absolute atomic E-state index is 12.1. The predicted molar refractivity (Wildman–Crippen MR) is 92.6 cm³/mol. The summed E-state index contributed by atoms with van der Waals surface area (Å²) in [5, 5.41) is 5.94. The van der Waals surface area contributed by atoms with E-state index < -0.39 is 0 Å². The normalized spacial score (nSPS) is 10.1. The molecule has 0 aromatic heterocycles. The number of hydrogen-bond acceptors (Lipinski definition) is 4. The zero-order chi connectivity index (χ0) is 16.8. The first kappa shape index (κ1) is 16.7. The molecule has 0 saturated heterocycles. The summed E-state index contributed by atoms with van der Waals surface area (Å²) in [5.74, 6) is 1.09. The minimum Gasteiger partial charge on any atom is -0.497 e. The summed E-state index contributed by atoms with van der Waals surface area (Å²) in [7, 11) is 3.14. The third-order valence-electron chi connectivity index (χ3n) is 3.64. The van der Waals surface area contributed by atoms with E-state index in [0.717, 1.165) is 5.69 Å². The van der Waals surface area contributed by atoms with Gasteiger partial charge in [0.05, 0.1) is 26.5 Å². The zero-order valence-corrected chi connectivity index (χ0v) is 13.9. The van der Waals surface area contributed by atoms with E-state index >= 15 is 0 Å². The molecular formula is C18H22N2O3. The second-order valence-electron chi connectivity index (χ2n) is 5.27. The second-order valence-corrected chi connectivity index (χ2v) is 5.27. The number of hydrogen-bond donors (Lipinski definition) is 2. The van der Waals surface area contributed by atoms with E-state index in [0.29, 0.717) is 17.2 Å². The number of carbonyl (C=O) groups excluding carboxylic acids is 1. The number of nitrogens with one attached hydrogen (secondary N) is 2. The first-order chi connectivity index (χ1) is 11.0. The number of anilines is 2. The Morgan fingerprint density at radius 3 is 2.43 bits per heavy atom. The van der Waals surface area contributed by atoms with Gasteiger partial charge in [-0.05, 0) is 49.2 Å². The van der Waals surface area contributed by atoms with Gasteiger partial charge < -0.3 is 20.1 Å². The molecule has 0 bridgehead atoms. The molecule has 0 heterocycles. The first-order valence-electron chi connectivity index (χ1n) is 7.36. The maximum Gasteiger partial charge on any atom is 0.243 e. The summed E-state index contributed by atoms with van der Waals surface area (Å²) in [6.45, 7) is 4.28.